The Bertz CT molecular complexity index is 341. The zero-order chi connectivity index (χ0) is 15.1. The molecule has 1 heterocycles. The molecule has 2 atom stereocenters. The van der Waals surface area contributed by atoms with Crippen molar-refractivity contribution in [3.05, 3.63) is 0 Å². The van der Waals surface area contributed by atoms with Gasteiger partial charge in [0.25, 0.3) is 6.43 Å². The minimum absolute atomic E-state index is 0.0297. The lowest BCUT2D eigenvalue weighted by Gasteiger charge is -2.35. The first kappa shape index (κ1) is 16.6. The molecule has 20 heavy (non-hydrogen) atoms. The molecule has 0 bridgehead atoms. The lowest BCUT2D eigenvalue weighted by atomic mass is 9.93. The zero-order valence-electron chi connectivity index (χ0n) is 11.3. The maximum Gasteiger partial charge on any atom is 0.326 e. The molecule has 0 radical (unpaired) electrons. The van der Waals surface area contributed by atoms with Gasteiger partial charge in [-0.25, -0.2) is 18.4 Å². The van der Waals surface area contributed by atoms with Crippen LogP contribution in [0.2, 0.25) is 0 Å². The average Bonchev–Trinajstić information content (AvgIpc) is 2.37. The van der Waals surface area contributed by atoms with Crippen LogP contribution in [0.4, 0.5) is 13.6 Å². The molecule has 1 fully saturated rings. The van der Waals surface area contributed by atoms with Gasteiger partial charge in [0.15, 0.2) is 0 Å². The summed E-state index contributed by atoms with van der Waals surface area (Å²) in [4.78, 5) is 24.3. The summed E-state index contributed by atoms with van der Waals surface area (Å²) in [5, 5.41) is 11.6. The second kappa shape index (κ2) is 7.98. The van der Waals surface area contributed by atoms with E-state index in [0.29, 0.717) is 13.0 Å². The molecule has 2 amide bonds. The van der Waals surface area contributed by atoms with Crippen molar-refractivity contribution in [2.24, 2.45) is 5.92 Å². The summed E-state index contributed by atoms with van der Waals surface area (Å²) in [6.07, 6.45) is -1.37. The molecule has 1 rings (SSSR count). The number of hydrogen-bond acceptors (Lipinski definition) is 3. The number of hydrogen-bond donors (Lipinski definition) is 2. The van der Waals surface area contributed by atoms with E-state index in [1.54, 1.807) is 0 Å². The first-order chi connectivity index (χ1) is 9.41. The van der Waals surface area contributed by atoms with Crippen LogP contribution in [-0.2, 0) is 9.53 Å². The topological polar surface area (TPSA) is 78.9 Å². The molecule has 1 aliphatic rings. The third kappa shape index (κ3) is 5.28. The van der Waals surface area contributed by atoms with Gasteiger partial charge in [0, 0.05) is 13.1 Å². The van der Waals surface area contributed by atoms with Gasteiger partial charge in [-0.2, -0.15) is 0 Å². The Hall–Kier alpha value is -1.44. The van der Waals surface area contributed by atoms with Crippen molar-refractivity contribution >= 4 is 12.0 Å². The monoisotopic (exact) mass is 294 g/mol. The quantitative estimate of drug-likeness (QED) is 0.721. The lowest BCUT2D eigenvalue weighted by Crippen LogP contribution is -2.53. The SMILES string of the molecule is CC1CCN(C(=O)NCCOCC(F)F)C(C(=O)O)C1. The molecule has 0 aliphatic carbocycles. The number of urea groups is 1. The van der Waals surface area contributed by atoms with E-state index in [1.807, 2.05) is 6.92 Å². The number of halogens is 2. The number of carbonyl (C=O) groups is 2. The predicted octanol–water partition coefficient (Wildman–Crippen LogP) is 1.16. The average molecular weight is 294 g/mol. The number of piperidine rings is 1. The second-order valence-corrected chi connectivity index (χ2v) is 4.87. The van der Waals surface area contributed by atoms with Gasteiger partial charge in [-0.05, 0) is 18.8 Å². The standard InChI is InChI=1S/C12H20F2N2O4/c1-8-2-4-16(9(6-8)11(17)18)12(19)15-3-5-20-7-10(13)14/h8-10H,2-7H2,1H3,(H,15,19)(H,17,18). The normalized spacial score (nSPS) is 22.9. The maximum absolute atomic E-state index is 11.9. The number of nitrogens with one attached hydrogen (secondary N) is 1. The Labute approximate surface area is 116 Å². The maximum atomic E-state index is 11.9. The molecule has 1 saturated heterocycles. The highest BCUT2D eigenvalue weighted by Crippen LogP contribution is 2.22. The van der Waals surface area contributed by atoms with Crippen LogP contribution in [0, 0.1) is 5.92 Å². The van der Waals surface area contributed by atoms with E-state index in [1.165, 1.54) is 4.90 Å². The molecule has 8 heteroatoms. The van der Waals surface area contributed by atoms with Crippen molar-refractivity contribution in [1.82, 2.24) is 10.2 Å². The summed E-state index contributed by atoms with van der Waals surface area (Å²) >= 11 is 0. The Kier molecular flexibility index (Phi) is 6.63. The van der Waals surface area contributed by atoms with E-state index in [-0.39, 0.29) is 19.1 Å². The third-order valence-electron chi connectivity index (χ3n) is 3.18. The molecule has 0 aromatic heterocycles. The summed E-state index contributed by atoms with van der Waals surface area (Å²) in [5.41, 5.74) is 0. The van der Waals surface area contributed by atoms with Gasteiger partial charge in [0.05, 0.1) is 6.61 Å². The minimum atomic E-state index is -2.54. The molecule has 116 valence electrons. The van der Waals surface area contributed by atoms with Crippen LogP contribution in [0.25, 0.3) is 0 Å². The van der Waals surface area contributed by atoms with Gasteiger partial charge in [0.2, 0.25) is 0 Å². The number of carbonyl (C=O) groups excluding carboxylic acids is 1. The predicted molar refractivity (Wildman–Crippen MR) is 66.7 cm³/mol. The lowest BCUT2D eigenvalue weighted by molar-refractivity contribution is -0.143. The molecular formula is C12H20F2N2O4. The molecule has 0 aromatic rings. The van der Waals surface area contributed by atoms with Crippen molar-refractivity contribution in [3.63, 3.8) is 0 Å². The molecular weight excluding hydrogens is 274 g/mol. The van der Waals surface area contributed by atoms with Gasteiger partial charge < -0.3 is 20.1 Å². The van der Waals surface area contributed by atoms with Gasteiger partial charge >= 0.3 is 12.0 Å². The highest BCUT2D eigenvalue weighted by atomic mass is 19.3. The van der Waals surface area contributed by atoms with E-state index in [4.69, 9.17) is 5.11 Å². The number of aliphatic carboxylic acids is 1. The summed E-state index contributed by atoms with van der Waals surface area (Å²) in [6.45, 7) is 1.70. The van der Waals surface area contributed by atoms with E-state index >= 15 is 0 Å². The van der Waals surface area contributed by atoms with Gasteiger partial charge in [-0.3, -0.25) is 0 Å². The summed E-state index contributed by atoms with van der Waals surface area (Å²) in [7, 11) is 0. The smallest absolute Gasteiger partial charge is 0.326 e. The largest absolute Gasteiger partial charge is 0.480 e. The Morgan fingerprint density at radius 3 is 2.80 bits per heavy atom. The van der Waals surface area contributed by atoms with Crippen LogP contribution < -0.4 is 5.32 Å². The van der Waals surface area contributed by atoms with Crippen molar-refractivity contribution in [1.29, 1.82) is 0 Å². The molecule has 2 unspecified atom stereocenters. The molecule has 0 aromatic carbocycles. The number of carboxylic acid groups (broad SMARTS) is 1. The van der Waals surface area contributed by atoms with E-state index in [2.05, 4.69) is 10.1 Å². The fourth-order valence-electron chi connectivity index (χ4n) is 2.12. The van der Waals surface area contributed by atoms with Crippen LogP contribution in [-0.4, -0.2) is 60.8 Å². The molecule has 2 N–H and O–H groups in total. The van der Waals surface area contributed by atoms with E-state index in [9.17, 15) is 18.4 Å². The third-order valence-corrected chi connectivity index (χ3v) is 3.18. The number of alkyl halides is 2. The number of ether oxygens (including phenoxy) is 1. The Balaban J connectivity index is 2.35. The van der Waals surface area contributed by atoms with Crippen molar-refractivity contribution in [2.75, 3.05) is 26.3 Å². The second-order valence-electron chi connectivity index (χ2n) is 4.87. The fourth-order valence-corrected chi connectivity index (χ4v) is 2.12. The first-order valence-corrected chi connectivity index (χ1v) is 6.55. The molecule has 0 spiro atoms. The van der Waals surface area contributed by atoms with Crippen molar-refractivity contribution in [2.45, 2.75) is 32.2 Å². The molecule has 6 nitrogen and oxygen atoms in total. The van der Waals surface area contributed by atoms with Crippen LogP contribution in [0.3, 0.4) is 0 Å². The van der Waals surface area contributed by atoms with Crippen LogP contribution in [0.15, 0.2) is 0 Å². The molecule has 1 aliphatic heterocycles. The summed E-state index contributed by atoms with van der Waals surface area (Å²) < 4.78 is 28.2. The van der Waals surface area contributed by atoms with Gasteiger partial charge in [0.1, 0.15) is 12.6 Å². The highest BCUT2D eigenvalue weighted by molar-refractivity contribution is 5.82. The summed E-state index contributed by atoms with van der Waals surface area (Å²) in [6, 6.07) is -1.33. The summed E-state index contributed by atoms with van der Waals surface area (Å²) in [5.74, 6) is -0.768. The van der Waals surface area contributed by atoms with Crippen LogP contribution in [0.1, 0.15) is 19.8 Å². The number of likely N-dealkylation sites (tertiary alicyclic amines) is 1. The highest BCUT2D eigenvalue weighted by Gasteiger charge is 2.34. The van der Waals surface area contributed by atoms with Gasteiger partial charge in [-0.15, -0.1) is 0 Å². The number of rotatable bonds is 6. The Morgan fingerprint density at radius 2 is 2.20 bits per heavy atom. The number of amides is 2. The van der Waals surface area contributed by atoms with E-state index in [0.717, 1.165) is 6.42 Å². The molecule has 0 saturated carbocycles. The zero-order valence-corrected chi connectivity index (χ0v) is 11.3. The van der Waals surface area contributed by atoms with Crippen molar-refractivity contribution < 1.29 is 28.2 Å². The van der Waals surface area contributed by atoms with E-state index < -0.39 is 31.1 Å². The van der Waals surface area contributed by atoms with Crippen LogP contribution in [0.5, 0.6) is 0 Å². The van der Waals surface area contributed by atoms with Gasteiger partial charge in [-0.1, -0.05) is 6.92 Å². The Morgan fingerprint density at radius 1 is 1.50 bits per heavy atom. The van der Waals surface area contributed by atoms with Crippen molar-refractivity contribution in [3.8, 4) is 0 Å². The number of carboxylic acids is 1. The van der Waals surface area contributed by atoms with Crippen LogP contribution >= 0.6 is 0 Å². The minimum Gasteiger partial charge on any atom is -0.480 e. The fraction of sp³-hybridized carbons (Fsp3) is 0.833. The first-order valence-electron chi connectivity index (χ1n) is 6.55. The number of nitrogens with zero attached hydrogens (tertiary/aromatic N) is 1.